The number of rotatable bonds is 7. The monoisotopic (exact) mass is 340 g/mol. The normalized spacial score (nSPS) is 11.2. The second kappa shape index (κ2) is 8.90. The van der Waals surface area contributed by atoms with E-state index in [0.29, 0.717) is 31.0 Å². The van der Waals surface area contributed by atoms with E-state index < -0.39 is 10.0 Å². The highest BCUT2D eigenvalue weighted by atomic mass is 35.5. The number of benzene rings is 2. The first-order valence-electron chi connectivity index (χ1n) is 6.94. The highest BCUT2D eigenvalue weighted by molar-refractivity contribution is 7.89. The van der Waals surface area contributed by atoms with Gasteiger partial charge in [-0.3, -0.25) is 0 Å². The zero-order chi connectivity index (χ0) is 15.1. The molecule has 2 aromatic carbocycles. The summed E-state index contributed by atoms with van der Waals surface area (Å²) < 4.78 is 26.9. The average molecular weight is 341 g/mol. The fourth-order valence-corrected chi connectivity index (χ4v) is 3.57. The first-order valence-corrected chi connectivity index (χ1v) is 8.38. The Morgan fingerprint density at radius 1 is 0.909 bits per heavy atom. The van der Waals surface area contributed by atoms with Gasteiger partial charge < -0.3 is 5.73 Å². The van der Waals surface area contributed by atoms with Gasteiger partial charge in [-0.2, -0.15) is 4.31 Å². The highest BCUT2D eigenvalue weighted by Crippen LogP contribution is 2.18. The molecule has 0 aliphatic heterocycles. The Morgan fingerprint density at radius 2 is 1.45 bits per heavy atom. The van der Waals surface area contributed by atoms with Crippen LogP contribution in [0.25, 0.3) is 0 Å². The van der Waals surface area contributed by atoms with Gasteiger partial charge in [-0.05, 0) is 30.7 Å². The molecular weight excluding hydrogens is 320 g/mol. The molecule has 22 heavy (non-hydrogen) atoms. The molecule has 0 aliphatic rings. The molecule has 2 aromatic rings. The van der Waals surface area contributed by atoms with Gasteiger partial charge in [0.25, 0.3) is 0 Å². The molecule has 6 heteroatoms. The molecule has 0 amide bonds. The lowest BCUT2D eigenvalue weighted by Crippen LogP contribution is -2.32. The molecule has 0 aromatic heterocycles. The lowest BCUT2D eigenvalue weighted by molar-refractivity contribution is 0.402. The van der Waals surface area contributed by atoms with Gasteiger partial charge in [0.15, 0.2) is 0 Å². The Morgan fingerprint density at radius 3 is 2.00 bits per heavy atom. The summed E-state index contributed by atoms with van der Waals surface area (Å²) in [7, 11) is -3.49. The summed E-state index contributed by atoms with van der Waals surface area (Å²) in [5, 5.41) is 0. The third kappa shape index (κ3) is 4.81. The molecule has 0 atom stereocenters. The standard InChI is InChI=1S/C16H20N2O2S.ClH/c17-12-7-13-18(14-15-8-3-1-4-9-15)21(19,20)16-10-5-2-6-11-16;/h1-6,8-11H,7,12-14,17H2;1H. The Balaban J connectivity index is 0.00000242. The maximum absolute atomic E-state index is 12.7. The lowest BCUT2D eigenvalue weighted by Gasteiger charge is -2.22. The van der Waals surface area contributed by atoms with Gasteiger partial charge in [-0.15, -0.1) is 12.4 Å². The minimum Gasteiger partial charge on any atom is -0.330 e. The van der Waals surface area contributed by atoms with Crippen molar-refractivity contribution < 1.29 is 8.42 Å². The van der Waals surface area contributed by atoms with E-state index in [0.717, 1.165) is 5.56 Å². The fourth-order valence-electron chi connectivity index (χ4n) is 2.08. The van der Waals surface area contributed by atoms with Gasteiger partial charge in [0, 0.05) is 13.1 Å². The topological polar surface area (TPSA) is 63.4 Å². The van der Waals surface area contributed by atoms with E-state index in [9.17, 15) is 8.42 Å². The van der Waals surface area contributed by atoms with Crippen LogP contribution in [0.2, 0.25) is 0 Å². The van der Waals surface area contributed by atoms with Gasteiger partial charge in [0.2, 0.25) is 10.0 Å². The van der Waals surface area contributed by atoms with Crippen molar-refractivity contribution >= 4 is 22.4 Å². The second-order valence-electron chi connectivity index (χ2n) is 4.78. The van der Waals surface area contributed by atoms with Crippen LogP contribution in [0.4, 0.5) is 0 Å². The van der Waals surface area contributed by atoms with Gasteiger partial charge >= 0.3 is 0 Å². The Kier molecular flexibility index (Phi) is 7.55. The summed E-state index contributed by atoms with van der Waals surface area (Å²) in [6.45, 7) is 1.25. The molecule has 0 saturated heterocycles. The molecule has 2 rings (SSSR count). The fraction of sp³-hybridized carbons (Fsp3) is 0.250. The number of nitrogens with zero attached hydrogens (tertiary/aromatic N) is 1. The van der Waals surface area contributed by atoms with Crippen LogP contribution in [0.15, 0.2) is 65.6 Å². The van der Waals surface area contributed by atoms with E-state index in [1.807, 2.05) is 30.3 Å². The van der Waals surface area contributed by atoms with Crippen LogP contribution in [0.5, 0.6) is 0 Å². The molecule has 0 unspecified atom stereocenters. The molecule has 4 nitrogen and oxygen atoms in total. The zero-order valence-electron chi connectivity index (χ0n) is 12.3. The summed E-state index contributed by atoms with van der Waals surface area (Å²) >= 11 is 0. The first kappa shape index (κ1) is 18.6. The summed E-state index contributed by atoms with van der Waals surface area (Å²) in [5.74, 6) is 0. The predicted molar refractivity (Wildman–Crippen MR) is 91.4 cm³/mol. The van der Waals surface area contributed by atoms with E-state index in [1.54, 1.807) is 30.3 Å². The molecule has 0 radical (unpaired) electrons. The number of hydrogen-bond donors (Lipinski definition) is 1. The van der Waals surface area contributed by atoms with Gasteiger partial charge in [0.05, 0.1) is 4.90 Å². The van der Waals surface area contributed by atoms with Crippen LogP contribution in [-0.4, -0.2) is 25.8 Å². The Hall–Kier alpha value is -1.40. The van der Waals surface area contributed by atoms with Crippen molar-refractivity contribution in [2.45, 2.75) is 17.9 Å². The van der Waals surface area contributed by atoms with Crippen LogP contribution >= 0.6 is 12.4 Å². The van der Waals surface area contributed by atoms with Crippen LogP contribution in [0.3, 0.4) is 0 Å². The molecule has 0 spiro atoms. The maximum Gasteiger partial charge on any atom is 0.243 e. The third-order valence-corrected chi connectivity index (χ3v) is 5.05. The van der Waals surface area contributed by atoms with Crippen molar-refractivity contribution in [3.63, 3.8) is 0 Å². The van der Waals surface area contributed by atoms with E-state index in [4.69, 9.17) is 5.73 Å². The van der Waals surface area contributed by atoms with Crippen molar-refractivity contribution in [3.8, 4) is 0 Å². The number of nitrogens with two attached hydrogens (primary N) is 1. The average Bonchev–Trinajstić information content (AvgIpc) is 2.53. The van der Waals surface area contributed by atoms with Crippen LogP contribution in [0, 0.1) is 0 Å². The molecular formula is C16H21ClN2O2S. The van der Waals surface area contributed by atoms with Crippen molar-refractivity contribution in [1.29, 1.82) is 0 Å². The second-order valence-corrected chi connectivity index (χ2v) is 6.72. The van der Waals surface area contributed by atoms with Crippen molar-refractivity contribution in [2.75, 3.05) is 13.1 Å². The third-order valence-electron chi connectivity index (χ3n) is 3.19. The van der Waals surface area contributed by atoms with E-state index in [1.165, 1.54) is 4.31 Å². The summed E-state index contributed by atoms with van der Waals surface area (Å²) in [6, 6.07) is 18.1. The first-order chi connectivity index (χ1) is 10.1. The van der Waals surface area contributed by atoms with Gasteiger partial charge in [-0.25, -0.2) is 8.42 Å². The van der Waals surface area contributed by atoms with Crippen LogP contribution in [0.1, 0.15) is 12.0 Å². The Bertz CT molecular complexity index is 648. The molecule has 0 saturated carbocycles. The van der Waals surface area contributed by atoms with E-state index in [2.05, 4.69) is 0 Å². The van der Waals surface area contributed by atoms with Crippen molar-refractivity contribution in [2.24, 2.45) is 5.73 Å². The van der Waals surface area contributed by atoms with Gasteiger partial charge in [-0.1, -0.05) is 48.5 Å². The molecule has 2 N–H and O–H groups in total. The number of halogens is 1. The maximum atomic E-state index is 12.7. The molecule has 0 fully saturated rings. The smallest absolute Gasteiger partial charge is 0.243 e. The lowest BCUT2D eigenvalue weighted by atomic mass is 10.2. The minimum atomic E-state index is -3.49. The van der Waals surface area contributed by atoms with Crippen LogP contribution in [-0.2, 0) is 16.6 Å². The largest absolute Gasteiger partial charge is 0.330 e. The highest BCUT2D eigenvalue weighted by Gasteiger charge is 2.23. The molecule has 0 aliphatic carbocycles. The molecule has 0 bridgehead atoms. The quantitative estimate of drug-likeness (QED) is 0.842. The molecule has 0 heterocycles. The predicted octanol–water partition coefficient (Wildman–Crippen LogP) is 2.65. The van der Waals surface area contributed by atoms with E-state index in [-0.39, 0.29) is 12.4 Å². The summed E-state index contributed by atoms with van der Waals surface area (Å²) in [6.07, 6.45) is 0.638. The molecule has 120 valence electrons. The van der Waals surface area contributed by atoms with Gasteiger partial charge in [0.1, 0.15) is 0 Å². The SMILES string of the molecule is Cl.NCCCN(Cc1ccccc1)S(=O)(=O)c1ccccc1. The summed E-state index contributed by atoms with van der Waals surface area (Å²) in [4.78, 5) is 0.318. The minimum absolute atomic E-state index is 0. The number of sulfonamides is 1. The Labute approximate surface area is 138 Å². The number of hydrogen-bond acceptors (Lipinski definition) is 3. The van der Waals surface area contributed by atoms with Crippen molar-refractivity contribution in [1.82, 2.24) is 4.31 Å². The van der Waals surface area contributed by atoms with E-state index >= 15 is 0 Å². The van der Waals surface area contributed by atoms with Crippen molar-refractivity contribution in [3.05, 3.63) is 66.2 Å². The van der Waals surface area contributed by atoms with Crippen LogP contribution < -0.4 is 5.73 Å². The summed E-state index contributed by atoms with van der Waals surface area (Å²) in [5.41, 5.74) is 6.50. The zero-order valence-corrected chi connectivity index (χ0v) is 13.9.